The molecule has 0 aromatic heterocycles. The summed E-state index contributed by atoms with van der Waals surface area (Å²) in [4.78, 5) is 12.8. The molecule has 3 aromatic carbocycles. The van der Waals surface area contributed by atoms with Gasteiger partial charge in [0.25, 0.3) is 0 Å². The van der Waals surface area contributed by atoms with Gasteiger partial charge in [0, 0.05) is 14.5 Å². The maximum atomic E-state index is 13.3. The van der Waals surface area contributed by atoms with Crippen molar-refractivity contribution in [2.24, 2.45) is 0 Å². The highest BCUT2D eigenvalue weighted by molar-refractivity contribution is 9.10. The number of sulfone groups is 1. The van der Waals surface area contributed by atoms with Crippen molar-refractivity contribution in [1.82, 2.24) is 0 Å². The van der Waals surface area contributed by atoms with Gasteiger partial charge in [0.2, 0.25) is 5.78 Å². The molecule has 160 valence electrons. The summed E-state index contributed by atoms with van der Waals surface area (Å²) in [6, 6.07) is 15.8. The molecule has 0 heterocycles. The molecule has 0 fully saturated rings. The molecule has 0 spiro atoms. The molecular formula is C22H14Br2Cl2O4S. The molecule has 0 radical (unpaired) electrons. The smallest absolute Gasteiger partial charge is 0.204 e. The molecule has 0 amide bonds. The molecule has 9 heteroatoms. The van der Waals surface area contributed by atoms with Crippen molar-refractivity contribution in [1.29, 1.82) is 0 Å². The maximum absolute atomic E-state index is 13.3. The van der Waals surface area contributed by atoms with Crippen LogP contribution in [0.4, 0.5) is 0 Å². The largest absolute Gasteiger partial charge is 0.505 e. The molecule has 0 saturated carbocycles. The normalized spacial score (nSPS) is 12.1. The van der Waals surface area contributed by atoms with Gasteiger partial charge >= 0.3 is 0 Å². The van der Waals surface area contributed by atoms with Crippen molar-refractivity contribution < 1.29 is 18.3 Å². The molecule has 0 saturated heterocycles. The quantitative estimate of drug-likeness (QED) is 0.241. The SMILES string of the molecule is O=C(/C(=C\c1cc(Cl)c(O)c(Cl)c1)S(=O)(=O)Cc1ccc(Br)cc1)c1ccc(Br)cc1. The van der Waals surface area contributed by atoms with E-state index in [1.54, 1.807) is 36.4 Å². The number of phenolic OH excluding ortho intramolecular Hbond substituents is 1. The Labute approximate surface area is 206 Å². The zero-order chi connectivity index (χ0) is 22.8. The van der Waals surface area contributed by atoms with E-state index in [1.807, 2.05) is 0 Å². The van der Waals surface area contributed by atoms with Gasteiger partial charge in [-0.25, -0.2) is 8.42 Å². The van der Waals surface area contributed by atoms with Crippen LogP contribution in [0.2, 0.25) is 10.0 Å². The van der Waals surface area contributed by atoms with E-state index < -0.39 is 20.5 Å². The summed E-state index contributed by atoms with van der Waals surface area (Å²) < 4.78 is 28.1. The van der Waals surface area contributed by atoms with Crippen molar-refractivity contribution in [3.8, 4) is 5.75 Å². The average molecular weight is 605 g/mol. The van der Waals surface area contributed by atoms with Crippen molar-refractivity contribution in [2.45, 2.75) is 5.75 Å². The van der Waals surface area contributed by atoms with Crippen LogP contribution in [-0.2, 0) is 15.6 Å². The molecule has 31 heavy (non-hydrogen) atoms. The van der Waals surface area contributed by atoms with E-state index >= 15 is 0 Å². The standard InChI is InChI=1S/C22H14Br2Cl2O4S/c23-16-5-1-13(2-6-16)12-31(29,30)20(21(27)15-3-7-17(24)8-4-15)11-14-9-18(25)22(28)19(26)10-14/h1-11,28H,12H2/b20-11+. The molecule has 3 rings (SSSR count). The van der Waals surface area contributed by atoms with Gasteiger partial charge in [-0.1, -0.05) is 67.2 Å². The molecule has 0 atom stereocenters. The number of carbonyl (C=O) groups is 1. The Kier molecular flexibility index (Phi) is 7.65. The number of ketones is 1. The fraction of sp³-hybridized carbons (Fsp3) is 0.0455. The molecule has 1 N–H and O–H groups in total. The number of allylic oxidation sites excluding steroid dienone is 1. The summed E-state index contributed by atoms with van der Waals surface area (Å²) in [7, 11) is -4.04. The maximum Gasteiger partial charge on any atom is 0.204 e. The number of Topliss-reactive ketones (excluding diaryl/α,β-unsaturated/α-hetero) is 1. The minimum Gasteiger partial charge on any atom is -0.505 e. The Balaban J connectivity index is 2.12. The zero-order valence-electron chi connectivity index (χ0n) is 15.7. The summed E-state index contributed by atoms with van der Waals surface area (Å²) in [6.07, 6.45) is 1.22. The lowest BCUT2D eigenvalue weighted by Gasteiger charge is -2.11. The van der Waals surface area contributed by atoms with E-state index in [0.717, 1.165) is 8.95 Å². The third kappa shape index (κ3) is 5.99. The van der Waals surface area contributed by atoms with Gasteiger partial charge in [0.15, 0.2) is 15.6 Å². The number of aromatic hydroxyl groups is 1. The predicted octanol–water partition coefficient (Wildman–Crippen LogP) is 7.06. The van der Waals surface area contributed by atoms with E-state index in [9.17, 15) is 18.3 Å². The van der Waals surface area contributed by atoms with E-state index in [1.165, 1.54) is 30.3 Å². The zero-order valence-corrected chi connectivity index (χ0v) is 21.2. The summed E-state index contributed by atoms with van der Waals surface area (Å²) in [5, 5.41) is 9.67. The third-order valence-electron chi connectivity index (χ3n) is 4.27. The predicted molar refractivity (Wildman–Crippen MR) is 131 cm³/mol. The van der Waals surface area contributed by atoms with Crippen molar-refractivity contribution in [3.05, 3.63) is 101 Å². The Morgan fingerprint density at radius 1 is 0.903 bits per heavy atom. The molecule has 4 nitrogen and oxygen atoms in total. The first-order chi connectivity index (χ1) is 14.6. The van der Waals surface area contributed by atoms with Crippen LogP contribution in [0, 0.1) is 0 Å². The van der Waals surface area contributed by atoms with Gasteiger partial charge in [-0.15, -0.1) is 0 Å². The van der Waals surface area contributed by atoms with Crippen LogP contribution in [0.5, 0.6) is 5.75 Å². The van der Waals surface area contributed by atoms with Crippen LogP contribution in [0.25, 0.3) is 6.08 Å². The van der Waals surface area contributed by atoms with Gasteiger partial charge < -0.3 is 5.11 Å². The average Bonchev–Trinajstić information content (AvgIpc) is 2.71. The molecule has 0 unspecified atom stereocenters. The van der Waals surface area contributed by atoms with E-state index in [2.05, 4.69) is 31.9 Å². The summed E-state index contributed by atoms with van der Waals surface area (Å²) in [5.41, 5.74) is 1.01. The molecule has 0 aliphatic heterocycles. The van der Waals surface area contributed by atoms with Crippen molar-refractivity contribution >= 4 is 76.8 Å². The Bertz CT molecular complexity index is 1250. The second-order valence-electron chi connectivity index (χ2n) is 6.56. The molecular weight excluding hydrogens is 591 g/mol. The van der Waals surface area contributed by atoms with Crippen molar-refractivity contribution in [2.75, 3.05) is 0 Å². The van der Waals surface area contributed by atoms with Crippen LogP contribution in [0.1, 0.15) is 21.5 Å². The summed E-state index contributed by atoms with van der Waals surface area (Å²) >= 11 is 18.5. The van der Waals surface area contributed by atoms with Crippen molar-refractivity contribution in [3.63, 3.8) is 0 Å². The second-order valence-corrected chi connectivity index (χ2v) is 11.2. The summed E-state index contributed by atoms with van der Waals surface area (Å²) in [6.45, 7) is 0. The number of rotatable bonds is 6. The first-order valence-corrected chi connectivity index (χ1v) is 12.7. The highest BCUT2D eigenvalue weighted by Gasteiger charge is 2.27. The van der Waals surface area contributed by atoms with E-state index in [-0.39, 0.29) is 32.7 Å². The number of phenols is 1. The fourth-order valence-corrected chi connectivity index (χ4v) is 5.27. The number of benzene rings is 3. The lowest BCUT2D eigenvalue weighted by atomic mass is 10.1. The Morgan fingerprint density at radius 3 is 1.90 bits per heavy atom. The van der Waals surface area contributed by atoms with Crippen LogP contribution in [0.15, 0.2) is 74.5 Å². The highest BCUT2D eigenvalue weighted by Crippen LogP contribution is 2.34. The molecule has 0 bridgehead atoms. The minimum absolute atomic E-state index is 0.0560. The van der Waals surface area contributed by atoms with E-state index in [0.29, 0.717) is 5.56 Å². The topological polar surface area (TPSA) is 71.4 Å². The molecule has 0 aliphatic carbocycles. The van der Waals surface area contributed by atoms with Crippen LogP contribution in [0.3, 0.4) is 0 Å². The van der Waals surface area contributed by atoms with Crippen LogP contribution < -0.4 is 0 Å². The van der Waals surface area contributed by atoms with Gasteiger partial charge in [-0.05, 0) is 65.7 Å². The first kappa shape index (κ1) is 24.0. The second kappa shape index (κ2) is 9.88. The third-order valence-corrected chi connectivity index (χ3v) is 7.59. The molecule has 3 aromatic rings. The number of halogens is 4. The number of hydrogen-bond donors (Lipinski definition) is 1. The van der Waals surface area contributed by atoms with Crippen LogP contribution >= 0.6 is 55.1 Å². The van der Waals surface area contributed by atoms with Gasteiger partial charge in [0.05, 0.1) is 15.8 Å². The highest BCUT2D eigenvalue weighted by atomic mass is 79.9. The molecule has 0 aliphatic rings. The Hall–Kier alpha value is -1.64. The fourth-order valence-electron chi connectivity index (χ4n) is 2.74. The van der Waals surface area contributed by atoms with Gasteiger partial charge in [0.1, 0.15) is 4.91 Å². The minimum atomic E-state index is -4.04. The lowest BCUT2D eigenvalue weighted by Crippen LogP contribution is -2.16. The Morgan fingerprint density at radius 2 is 1.39 bits per heavy atom. The monoisotopic (exact) mass is 602 g/mol. The number of carbonyl (C=O) groups excluding carboxylic acids is 1. The van der Waals surface area contributed by atoms with Crippen LogP contribution in [-0.4, -0.2) is 19.3 Å². The number of hydrogen-bond acceptors (Lipinski definition) is 4. The van der Waals surface area contributed by atoms with Gasteiger partial charge in [-0.2, -0.15) is 0 Å². The van der Waals surface area contributed by atoms with E-state index in [4.69, 9.17) is 23.2 Å². The first-order valence-electron chi connectivity index (χ1n) is 8.74. The lowest BCUT2D eigenvalue weighted by molar-refractivity contribution is 0.104. The van der Waals surface area contributed by atoms with Gasteiger partial charge in [-0.3, -0.25) is 4.79 Å². The summed E-state index contributed by atoms with van der Waals surface area (Å²) in [5.74, 6) is -1.35.